The predicted octanol–water partition coefficient (Wildman–Crippen LogP) is 12.6. The summed E-state index contributed by atoms with van der Waals surface area (Å²) in [7, 11) is 1.63. The first-order valence-electron chi connectivity index (χ1n) is 22.9. The summed E-state index contributed by atoms with van der Waals surface area (Å²) in [6.07, 6.45) is 39.8. The number of unbranched alkanes of at least 4 members (excludes halogenated alkanes) is 29. The number of hydrogen-bond donors (Lipinski definition) is 3. The molecule has 0 aromatic carbocycles. The van der Waals surface area contributed by atoms with Crippen molar-refractivity contribution in [3.8, 4) is 0 Å². The molecule has 3 unspecified atom stereocenters. The summed E-state index contributed by atoms with van der Waals surface area (Å²) in [5, 5.41) is 13.9. The Morgan fingerprint density at radius 1 is 0.566 bits per heavy atom. The lowest BCUT2D eigenvalue weighted by molar-refractivity contribution is -0.870. The van der Waals surface area contributed by atoms with Gasteiger partial charge in [0.2, 0.25) is 5.91 Å². The van der Waals surface area contributed by atoms with Crippen molar-refractivity contribution in [1.29, 1.82) is 0 Å². The molecule has 53 heavy (non-hydrogen) atoms. The molecule has 0 rings (SSSR count). The van der Waals surface area contributed by atoms with Gasteiger partial charge in [-0.2, -0.15) is 0 Å². The summed E-state index contributed by atoms with van der Waals surface area (Å²) in [6.45, 7) is 4.90. The number of hydrogen-bond acceptors (Lipinski definition) is 5. The number of quaternary nitrogens is 1. The van der Waals surface area contributed by atoms with Crippen LogP contribution in [0.15, 0.2) is 0 Å². The highest BCUT2D eigenvalue weighted by atomic mass is 31.2. The van der Waals surface area contributed by atoms with Crippen molar-refractivity contribution in [2.45, 2.75) is 238 Å². The van der Waals surface area contributed by atoms with E-state index in [2.05, 4.69) is 19.2 Å². The van der Waals surface area contributed by atoms with E-state index in [9.17, 15) is 19.4 Å². The summed E-state index contributed by atoms with van der Waals surface area (Å²) in [5.74, 6) is -0.141. The van der Waals surface area contributed by atoms with Gasteiger partial charge in [0.25, 0.3) is 0 Å². The second-order valence-corrected chi connectivity index (χ2v) is 18.6. The molecule has 0 aromatic heterocycles. The van der Waals surface area contributed by atoms with E-state index < -0.39 is 20.0 Å². The van der Waals surface area contributed by atoms with Crippen LogP contribution in [0.2, 0.25) is 0 Å². The molecule has 0 spiro atoms. The first kappa shape index (κ1) is 52.5. The lowest BCUT2D eigenvalue weighted by atomic mass is 10.0. The lowest BCUT2D eigenvalue weighted by Gasteiger charge is -2.26. The molecule has 9 heteroatoms. The summed E-state index contributed by atoms with van der Waals surface area (Å²) < 4.78 is 23.6. The molecular formula is C44H92N2O6P+. The first-order valence-corrected chi connectivity index (χ1v) is 24.4. The molecule has 0 aliphatic heterocycles. The van der Waals surface area contributed by atoms with Gasteiger partial charge >= 0.3 is 7.82 Å². The number of carbonyl (C=O) groups excluding carboxylic acids is 1. The fraction of sp³-hybridized carbons (Fsp3) is 0.977. The van der Waals surface area contributed by atoms with Gasteiger partial charge in [-0.3, -0.25) is 13.8 Å². The first-order chi connectivity index (χ1) is 25.5. The molecule has 1 amide bonds. The van der Waals surface area contributed by atoms with E-state index in [1.807, 2.05) is 21.1 Å². The topological polar surface area (TPSA) is 105 Å². The molecule has 318 valence electrons. The van der Waals surface area contributed by atoms with Crippen LogP contribution in [0.4, 0.5) is 0 Å². The van der Waals surface area contributed by atoms with Gasteiger partial charge in [0.15, 0.2) is 0 Å². The molecular weight excluding hydrogens is 683 g/mol. The molecule has 0 bridgehead atoms. The van der Waals surface area contributed by atoms with Gasteiger partial charge in [-0.05, 0) is 12.8 Å². The quantitative estimate of drug-likeness (QED) is 0.0324. The van der Waals surface area contributed by atoms with Crippen molar-refractivity contribution < 1.29 is 32.9 Å². The third-order valence-electron chi connectivity index (χ3n) is 10.6. The smallest absolute Gasteiger partial charge is 0.391 e. The number of phosphoric acid groups is 1. The zero-order chi connectivity index (χ0) is 39.3. The van der Waals surface area contributed by atoms with Crippen LogP contribution in [-0.2, 0) is 18.4 Å². The van der Waals surface area contributed by atoms with E-state index in [0.29, 0.717) is 23.9 Å². The number of nitrogens with zero attached hydrogens (tertiary/aromatic N) is 1. The van der Waals surface area contributed by atoms with Gasteiger partial charge in [0.05, 0.1) is 39.9 Å². The summed E-state index contributed by atoms with van der Waals surface area (Å²) in [6, 6.07) is -0.752. The lowest BCUT2D eigenvalue weighted by Crippen LogP contribution is -2.46. The Bertz CT molecular complexity index is 839. The Morgan fingerprint density at radius 2 is 0.906 bits per heavy atom. The number of aliphatic hydroxyl groups is 1. The normalized spacial score (nSPS) is 14.3. The maximum absolute atomic E-state index is 12.9. The number of carbonyl (C=O) groups is 1. The molecule has 0 heterocycles. The Morgan fingerprint density at radius 3 is 1.26 bits per heavy atom. The number of phosphoric ester groups is 1. The Labute approximate surface area is 329 Å². The van der Waals surface area contributed by atoms with Gasteiger partial charge in [-0.1, -0.05) is 206 Å². The van der Waals surface area contributed by atoms with E-state index in [1.54, 1.807) is 0 Å². The van der Waals surface area contributed by atoms with Crippen molar-refractivity contribution in [3.63, 3.8) is 0 Å². The minimum Gasteiger partial charge on any atom is -0.391 e. The van der Waals surface area contributed by atoms with E-state index in [-0.39, 0.29) is 19.1 Å². The highest BCUT2D eigenvalue weighted by molar-refractivity contribution is 7.47. The SMILES string of the molecule is CCCCCCCCCCCCCCCCCCCCCC(=O)NC(COP(=O)(O)OCC[N+](C)(C)C)C(O)CCCCCCCCCCCCCC. The highest BCUT2D eigenvalue weighted by Gasteiger charge is 2.28. The predicted molar refractivity (Wildman–Crippen MR) is 226 cm³/mol. The van der Waals surface area contributed by atoms with Gasteiger partial charge in [0, 0.05) is 6.42 Å². The van der Waals surface area contributed by atoms with Gasteiger partial charge in [0.1, 0.15) is 13.2 Å². The third kappa shape index (κ3) is 39.5. The molecule has 0 fully saturated rings. The molecule has 0 saturated heterocycles. The average Bonchev–Trinajstić information content (AvgIpc) is 3.10. The van der Waals surface area contributed by atoms with Gasteiger partial charge in [-0.25, -0.2) is 4.57 Å². The number of aliphatic hydroxyl groups excluding tert-OH is 1. The van der Waals surface area contributed by atoms with Crippen molar-refractivity contribution in [2.24, 2.45) is 0 Å². The number of likely N-dealkylation sites (N-methyl/N-ethyl adjacent to an activating group) is 1. The van der Waals surface area contributed by atoms with Crippen LogP contribution in [0.3, 0.4) is 0 Å². The standard InChI is InChI=1S/C44H91N2O6P/c1-6-8-10-12-14-16-18-20-21-22-23-24-25-26-28-30-32-34-36-38-44(48)45-42(41-52-53(49,50)51-40-39-46(3,4)5)43(47)37-35-33-31-29-27-19-17-15-13-11-9-7-2/h42-43,47H,6-41H2,1-5H3,(H-,45,48,49,50)/p+1. The molecule has 0 aliphatic carbocycles. The second-order valence-electron chi connectivity index (χ2n) is 17.1. The van der Waals surface area contributed by atoms with Crippen LogP contribution in [0.5, 0.6) is 0 Å². The molecule has 3 N–H and O–H groups in total. The van der Waals surface area contributed by atoms with Crippen molar-refractivity contribution in [2.75, 3.05) is 40.9 Å². The Hall–Kier alpha value is -0.500. The summed E-state index contributed by atoms with van der Waals surface area (Å²) in [4.78, 5) is 23.1. The van der Waals surface area contributed by atoms with Crippen LogP contribution in [0.25, 0.3) is 0 Å². The minimum atomic E-state index is -4.30. The summed E-state index contributed by atoms with van der Waals surface area (Å²) >= 11 is 0. The zero-order valence-corrected chi connectivity index (χ0v) is 36.9. The van der Waals surface area contributed by atoms with Crippen LogP contribution in [0.1, 0.15) is 226 Å². The molecule has 0 aliphatic rings. The second kappa shape index (κ2) is 37.1. The van der Waals surface area contributed by atoms with Crippen molar-refractivity contribution in [3.05, 3.63) is 0 Å². The fourth-order valence-electron chi connectivity index (χ4n) is 6.93. The molecule has 0 radical (unpaired) electrons. The molecule has 3 atom stereocenters. The molecule has 0 saturated carbocycles. The van der Waals surface area contributed by atoms with E-state index in [0.717, 1.165) is 38.5 Å². The van der Waals surface area contributed by atoms with Crippen LogP contribution in [0, 0.1) is 0 Å². The highest BCUT2D eigenvalue weighted by Crippen LogP contribution is 2.43. The largest absolute Gasteiger partial charge is 0.472 e. The number of nitrogens with one attached hydrogen (secondary N) is 1. The van der Waals surface area contributed by atoms with E-state index in [1.165, 1.54) is 161 Å². The Kier molecular flexibility index (Phi) is 36.7. The average molecular weight is 776 g/mol. The van der Waals surface area contributed by atoms with E-state index in [4.69, 9.17) is 9.05 Å². The monoisotopic (exact) mass is 776 g/mol. The summed E-state index contributed by atoms with van der Waals surface area (Å²) in [5.41, 5.74) is 0. The van der Waals surface area contributed by atoms with Gasteiger partial charge < -0.3 is 19.8 Å². The molecule has 0 aromatic rings. The minimum absolute atomic E-state index is 0.0785. The van der Waals surface area contributed by atoms with Crippen LogP contribution >= 0.6 is 7.82 Å². The van der Waals surface area contributed by atoms with Crippen molar-refractivity contribution in [1.82, 2.24) is 5.32 Å². The van der Waals surface area contributed by atoms with Crippen LogP contribution < -0.4 is 5.32 Å². The van der Waals surface area contributed by atoms with Crippen molar-refractivity contribution >= 4 is 13.7 Å². The van der Waals surface area contributed by atoms with Gasteiger partial charge in [-0.15, -0.1) is 0 Å². The zero-order valence-electron chi connectivity index (χ0n) is 36.0. The maximum atomic E-state index is 12.9. The number of rotatable bonds is 42. The maximum Gasteiger partial charge on any atom is 0.472 e. The van der Waals surface area contributed by atoms with Crippen LogP contribution in [-0.4, -0.2) is 73.4 Å². The fourth-order valence-corrected chi connectivity index (χ4v) is 7.67. The van der Waals surface area contributed by atoms with E-state index >= 15 is 0 Å². The Balaban J connectivity index is 4.26. The molecule has 8 nitrogen and oxygen atoms in total. The third-order valence-corrected chi connectivity index (χ3v) is 11.6. The number of amides is 1.